The number of allylic oxidation sites excluding steroid dienone is 2. The van der Waals surface area contributed by atoms with E-state index in [1.165, 1.54) is 45.2 Å². The molecule has 0 aliphatic heterocycles. The SMILES string of the molecule is CC1=C[C@H](C)C[C@H](C)C1c1c(C)nn(-c2cc(Oc3ccc4c5ccccc5n(-c5cc(C)ccn5)c4c3)cc(C(C)C)c2)c1C(C)(C)C. The Hall–Kier alpha value is -4.64. The van der Waals surface area contributed by atoms with Crippen LogP contribution in [0.1, 0.15) is 102 Å². The van der Waals surface area contributed by atoms with E-state index in [4.69, 9.17) is 14.8 Å². The van der Waals surface area contributed by atoms with Gasteiger partial charge in [-0.05, 0) is 98.5 Å². The van der Waals surface area contributed by atoms with Crippen LogP contribution in [0.5, 0.6) is 11.5 Å². The molecule has 7 rings (SSSR count). The van der Waals surface area contributed by atoms with Gasteiger partial charge in [0.1, 0.15) is 17.3 Å². The quantitative estimate of drug-likeness (QED) is 0.169. The second kappa shape index (κ2) is 12.4. The van der Waals surface area contributed by atoms with Crippen molar-refractivity contribution in [3.05, 3.63) is 119 Å². The number of hydrogen-bond donors (Lipinski definition) is 0. The molecule has 0 saturated heterocycles. The number of ether oxygens (including phenoxy) is 1. The van der Waals surface area contributed by atoms with Crippen LogP contribution in [0.4, 0.5) is 0 Å². The summed E-state index contributed by atoms with van der Waals surface area (Å²) in [7, 11) is 0. The average Bonchev–Trinajstić information content (AvgIpc) is 3.55. The summed E-state index contributed by atoms with van der Waals surface area (Å²) in [5, 5.41) is 7.67. The van der Waals surface area contributed by atoms with Gasteiger partial charge >= 0.3 is 0 Å². The van der Waals surface area contributed by atoms with Crippen LogP contribution in [-0.4, -0.2) is 19.3 Å². The van der Waals surface area contributed by atoms with E-state index in [-0.39, 0.29) is 5.41 Å². The molecule has 0 amide bonds. The molecule has 5 heteroatoms. The first-order chi connectivity index (χ1) is 23.3. The number of hydrogen-bond acceptors (Lipinski definition) is 3. The summed E-state index contributed by atoms with van der Waals surface area (Å²) in [4.78, 5) is 4.76. The summed E-state index contributed by atoms with van der Waals surface area (Å²) >= 11 is 0. The first-order valence-corrected chi connectivity index (χ1v) is 17.9. The van der Waals surface area contributed by atoms with Gasteiger partial charge in [-0.25, -0.2) is 9.67 Å². The summed E-state index contributed by atoms with van der Waals surface area (Å²) in [6, 6.07) is 25.8. The van der Waals surface area contributed by atoms with Gasteiger partial charge in [-0.2, -0.15) is 5.10 Å². The summed E-state index contributed by atoms with van der Waals surface area (Å²) in [6.45, 7) is 22.8. The Morgan fingerprint density at radius 1 is 0.837 bits per heavy atom. The van der Waals surface area contributed by atoms with Crippen molar-refractivity contribution in [3.63, 3.8) is 0 Å². The van der Waals surface area contributed by atoms with E-state index in [1.54, 1.807) is 0 Å². The smallest absolute Gasteiger partial charge is 0.137 e. The number of pyridine rings is 1. The van der Waals surface area contributed by atoms with Crippen molar-refractivity contribution in [2.24, 2.45) is 11.8 Å². The molecule has 0 radical (unpaired) electrons. The number of benzene rings is 3. The summed E-state index contributed by atoms with van der Waals surface area (Å²) in [5.74, 6) is 4.34. The zero-order chi connectivity index (χ0) is 34.8. The number of para-hydroxylation sites is 1. The fraction of sp³-hybridized carbons (Fsp3) is 0.364. The molecular weight excluding hydrogens is 601 g/mol. The standard InChI is InChI=1S/C44H50N4O/c1-26(2)32-22-33(48-43(44(8,9)10)42(31(7)46-48)41-29(5)19-28(4)20-30(41)6)24-35(23-32)49-34-15-16-37-36-13-11-12-14-38(36)47(39(37)25-34)40-21-27(3)17-18-45-40/h11-19,21-26,28,30,41H,20H2,1-10H3/t28-,30-,41?/m0/s1. The fourth-order valence-electron chi connectivity index (χ4n) is 8.28. The molecule has 0 fully saturated rings. The van der Waals surface area contributed by atoms with Gasteiger partial charge in [-0.15, -0.1) is 0 Å². The van der Waals surface area contributed by atoms with Crippen molar-refractivity contribution >= 4 is 21.8 Å². The normalized spacial score (nSPS) is 18.4. The van der Waals surface area contributed by atoms with Gasteiger partial charge in [-0.3, -0.25) is 4.57 Å². The predicted molar refractivity (Wildman–Crippen MR) is 204 cm³/mol. The molecule has 3 atom stereocenters. The minimum absolute atomic E-state index is 0.114. The van der Waals surface area contributed by atoms with E-state index in [9.17, 15) is 0 Å². The van der Waals surface area contributed by atoms with E-state index in [2.05, 4.69) is 151 Å². The molecule has 5 nitrogen and oxygen atoms in total. The Balaban J connectivity index is 1.36. The topological polar surface area (TPSA) is 44.9 Å². The highest BCUT2D eigenvalue weighted by Crippen LogP contribution is 2.46. The van der Waals surface area contributed by atoms with Crippen molar-refractivity contribution < 1.29 is 4.74 Å². The van der Waals surface area contributed by atoms with Crippen LogP contribution in [0.15, 0.2) is 90.6 Å². The molecule has 1 aliphatic carbocycles. The first kappa shape index (κ1) is 32.9. The largest absolute Gasteiger partial charge is 0.457 e. The lowest BCUT2D eigenvalue weighted by Crippen LogP contribution is -2.25. The van der Waals surface area contributed by atoms with Crippen molar-refractivity contribution in [3.8, 4) is 23.0 Å². The number of fused-ring (bicyclic) bond motifs is 3. The maximum atomic E-state index is 6.79. The molecule has 0 spiro atoms. The Kier molecular flexibility index (Phi) is 8.29. The molecular formula is C44H50N4O. The van der Waals surface area contributed by atoms with Crippen molar-refractivity contribution in [2.45, 2.75) is 92.9 Å². The second-order valence-corrected chi connectivity index (χ2v) is 15.8. The zero-order valence-electron chi connectivity index (χ0n) is 30.8. The van der Waals surface area contributed by atoms with E-state index in [0.717, 1.165) is 39.7 Å². The molecule has 0 saturated carbocycles. The number of nitrogens with zero attached hydrogens (tertiary/aromatic N) is 4. The van der Waals surface area contributed by atoms with Crippen molar-refractivity contribution in [1.82, 2.24) is 19.3 Å². The van der Waals surface area contributed by atoms with Crippen LogP contribution in [0.3, 0.4) is 0 Å². The molecule has 3 heterocycles. The van der Waals surface area contributed by atoms with Gasteiger partial charge in [-0.1, -0.05) is 78.3 Å². The van der Waals surface area contributed by atoms with Gasteiger partial charge in [0, 0.05) is 46.0 Å². The Bertz CT molecular complexity index is 2220. The molecule has 1 unspecified atom stereocenters. The van der Waals surface area contributed by atoms with E-state index < -0.39 is 0 Å². The Morgan fingerprint density at radius 2 is 1.59 bits per heavy atom. The van der Waals surface area contributed by atoms with Crippen LogP contribution in [-0.2, 0) is 5.41 Å². The summed E-state index contributed by atoms with van der Waals surface area (Å²) in [6.07, 6.45) is 5.55. The highest BCUT2D eigenvalue weighted by Gasteiger charge is 2.36. The fourth-order valence-corrected chi connectivity index (χ4v) is 8.28. The Labute approximate surface area is 291 Å². The summed E-state index contributed by atoms with van der Waals surface area (Å²) < 4.78 is 11.2. The van der Waals surface area contributed by atoms with E-state index in [1.807, 2.05) is 12.3 Å². The number of rotatable bonds is 6. The highest BCUT2D eigenvalue weighted by molar-refractivity contribution is 6.09. The zero-order valence-corrected chi connectivity index (χ0v) is 30.8. The molecule has 1 aliphatic rings. The average molecular weight is 651 g/mol. The maximum absolute atomic E-state index is 6.79. The van der Waals surface area contributed by atoms with Crippen LogP contribution in [0.2, 0.25) is 0 Å². The van der Waals surface area contributed by atoms with Gasteiger partial charge in [0.15, 0.2) is 0 Å². The molecule has 3 aromatic heterocycles. The molecule has 252 valence electrons. The van der Waals surface area contributed by atoms with Gasteiger partial charge in [0.05, 0.1) is 28.1 Å². The lowest BCUT2D eigenvalue weighted by molar-refractivity contribution is 0.385. The minimum atomic E-state index is -0.114. The van der Waals surface area contributed by atoms with Crippen molar-refractivity contribution in [1.29, 1.82) is 0 Å². The second-order valence-electron chi connectivity index (χ2n) is 15.8. The molecule has 6 aromatic rings. The molecule has 49 heavy (non-hydrogen) atoms. The lowest BCUT2D eigenvalue weighted by atomic mass is 9.70. The van der Waals surface area contributed by atoms with Crippen molar-refractivity contribution in [2.75, 3.05) is 0 Å². The molecule has 0 bridgehead atoms. The monoisotopic (exact) mass is 650 g/mol. The Morgan fingerprint density at radius 3 is 2.31 bits per heavy atom. The number of aromatic nitrogens is 4. The minimum Gasteiger partial charge on any atom is -0.457 e. The summed E-state index contributed by atoms with van der Waals surface area (Å²) in [5.41, 5.74) is 10.8. The highest BCUT2D eigenvalue weighted by atomic mass is 16.5. The van der Waals surface area contributed by atoms with Crippen LogP contribution in [0, 0.1) is 25.7 Å². The van der Waals surface area contributed by atoms with E-state index >= 15 is 0 Å². The third kappa shape index (κ3) is 5.98. The van der Waals surface area contributed by atoms with Crippen LogP contribution in [0.25, 0.3) is 33.3 Å². The van der Waals surface area contributed by atoms with Crippen LogP contribution >= 0.6 is 0 Å². The third-order valence-electron chi connectivity index (χ3n) is 10.3. The van der Waals surface area contributed by atoms with Gasteiger partial charge in [0.25, 0.3) is 0 Å². The van der Waals surface area contributed by atoms with E-state index in [0.29, 0.717) is 23.7 Å². The van der Waals surface area contributed by atoms with Gasteiger partial charge < -0.3 is 4.74 Å². The van der Waals surface area contributed by atoms with Crippen LogP contribution < -0.4 is 4.74 Å². The number of aryl methyl sites for hydroxylation is 2. The molecule has 3 aromatic carbocycles. The lowest BCUT2D eigenvalue weighted by Gasteiger charge is -2.34. The predicted octanol–water partition coefficient (Wildman–Crippen LogP) is 11.9. The maximum Gasteiger partial charge on any atom is 0.137 e. The van der Waals surface area contributed by atoms with Gasteiger partial charge in [0.2, 0.25) is 0 Å². The first-order valence-electron chi connectivity index (χ1n) is 17.9. The molecule has 0 N–H and O–H groups in total. The third-order valence-corrected chi connectivity index (χ3v) is 10.3.